The Kier molecular flexibility index (Phi) is 6.03. The predicted octanol–water partition coefficient (Wildman–Crippen LogP) is 3.95. The molecule has 37 heavy (non-hydrogen) atoms. The first-order valence-electron chi connectivity index (χ1n) is 13.2. The van der Waals surface area contributed by atoms with Crippen molar-refractivity contribution in [3.8, 4) is 12.3 Å². The molecule has 0 spiro atoms. The van der Waals surface area contributed by atoms with Gasteiger partial charge in [-0.1, -0.05) is 5.92 Å². The molecule has 3 heterocycles. The third-order valence-corrected chi connectivity index (χ3v) is 9.03. The van der Waals surface area contributed by atoms with Gasteiger partial charge in [-0.05, 0) is 74.5 Å². The lowest BCUT2D eigenvalue weighted by Gasteiger charge is -2.57. The van der Waals surface area contributed by atoms with Gasteiger partial charge < -0.3 is 25.1 Å². The van der Waals surface area contributed by atoms with E-state index in [-0.39, 0.29) is 31.0 Å². The third kappa shape index (κ3) is 4.42. The van der Waals surface area contributed by atoms with Gasteiger partial charge in [0, 0.05) is 12.5 Å². The van der Waals surface area contributed by atoms with Gasteiger partial charge in [-0.2, -0.15) is 9.37 Å². The van der Waals surface area contributed by atoms with Crippen LogP contribution >= 0.6 is 0 Å². The molecular formula is C27H33FN4O5. The summed E-state index contributed by atoms with van der Waals surface area (Å²) < 4.78 is 31.8. The molecule has 9 nitrogen and oxygen atoms in total. The number of hydrogen-bond acceptors (Lipinski definition) is 8. The van der Waals surface area contributed by atoms with Gasteiger partial charge in [0.05, 0.1) is 18.6 Å². The Labute approximate surface area is 214 Å². The average Bonchev–Trinajstić information content (AvgIpc) is 3.41. The molecule has 0 amide bonds. The monoisotopic (exact) mass is 512 g/mol. The second kappa shape index (κ2) is 9.14. The van der Waals surface area contributed by atoms with Crippen LogP contribution in [0, 0.1) is 41.5 Å². The molecule has 10 heteroatoms. The van der Waals surface area contributed by atoms with E-state index in [1.807, 2.05) is 0 Å². The highest BCUT2D eigenvalue weighted by atomic mass is 19.1. The van der Waals surface area contributed by atoms with Crippen molar-refractivity contribution >= 4 is 23.0 Å². The highest BCUT2D eigenvalue weighted by molar-refractivity contribution is 5.83. The molecule has 198 valence electrons. The molecule has 2 aromatic rings. The van der Waals surface area contributed by atoms with Crippen LogP contribution in [0.4, 0.5) is 14.9 Å². The molecule has 4 saturated carbocycles. The summed E-state index contributed by atoms with van der Waals surface area (Å²) in [6.45, 7) is -0.0963. The van der Waals surface area contributed by atoms with Crippen LogP contribution in [0.3, 0.4) is 0 Å². The van der Waals surface area contributed by atoms with E-state index in [1.54, 1.807) is 0 Å². The summed E-state index contributed by atoms with van der Waals surface area (Å²) in [5.41, 5.74) is 5.30. The van der Waals surface area contributed by atoms with E-state index in [1.165, 1.54) is 49.4 Å². The molecule has 1 aliphatic heterocycles. The summed E-state index contributed by atoms with van der Waals surface area (Å²) >= 11 is 0. The van der Waals surface area contributed by atoms with Crippen molar-refractivity contribution in [1.29, 1.82) is 0 Å². The molecule has 5 fully saturated rings. The number of aliphatic hydroxyl groups excluding tert-OH is 1. The molecule has 3 atom stereocenters. The van der Waals surface area contributed by atoms with Gasteiger partial charge in [-0.15, -0.1) is 6.42 Å². The predicted molar refractivity (Wildman–Crippen MR) is 131 cm³/mol. The number of nitrogens with two attached hydrogens (primary N) is 1. The number of pyridine rings is 1. The van der Waals surface area contributed by atoms with E-state index in [0.717, 1.165) is 36.7 Å². The number of ether oxygens (including phenoxy) is 3. The summed E-state index contributed by atoms with van der Waals surface area (Å²) in [6, 6.07) is 1.08. The minimum Gasteiger partial charge on any atom is -0.434 e. The molecule has 4 bridgehead atoms. The fraction of sp³-hybridized carbons (Fsp3) is 0.667. The molecule has 3 N–H and O–H groups in total. The van der Waals surface area contributed by atoms with Gasteiger partial charge in [0.1, 0.15) is 24.5 Å². The van der Waals surface area contributed by atoms with Gasteiger partial charge in [-0.25, -0.2) is 9.78 Å². The maximum absolute atomic E-state index is 13.8. The van der Waals surface area contributed by atoms with E-state index in [2.05, 4.69) is 15.9 Å². The van der Waals surface area contributed by atoms with Gasteiger partial charge in [0.25, 0.3) is 0 Å². The van der Waals surface area contributed by atoms with Crippen LogP contribution in [0.2, 0.25) is 0 Å². The molecule has 0 unspecified atom stereocenters. The van der Waals surface area contributed by atoms with Crippen LogP contribution < -0.4 is 5.73 Å². The third-order valence-electron chi connectivity index (χ3n) is 9.03. The minimum atomic E-state index is -1.58. The fourth-order valence-corrected chi connectivity index (χ4v) is 7.84. The zero-order valence-corrected chi connectivity index (χ0v) is 20.8. The number of rotatable bonds is 7. The summed E-state index contributed by atoms with van der Waals surface area (Å²) in [7, 11) is 0. The van der Waals surface area contributed by atoms with Crippen molar-refractivity contribution in [1.82, 2.24) is 14.5 Å². The lowest BCUT2D eigenvalue weighted by molar-refractivity contribution is -0.0985. The van der Waals surface area contributed by atoms with Gasteiger partial charge in [-0.3, -0.25) is 4.57 Å². The number of nitrogen functional groups attached to an aromatic ring is 1. The number of nitrogens with zero attached hydrogens (tertiary/aromatic N) is 3. The van der Waals surface area contributed by atoms with Crippen LogP contribution in [0.1, 0.15) is 64.0 Å². The lowest BCUT2D eigenvalue weighted by Crippen LogP contribution is -2.46. The molecule has 5 aliphatic rings. The van der Waals surface area contributed by atoms with Crippen molar-refractivity contribution in [2.24, 2.45) is 23.2 Å². The van der Waals surface area contributed by atoms with Crippen molar-refractivity contribution in [3.05, 3.63) is 18.3 Å². The summed E-state index contributed by atoms with van der Waals surface area (Å²) in [4.78, 5) is 20.3. The van der Waals surface area contributed by atoms with E-state index in [0.29, 0.717) is 10.9 Å². The normalized spacial score (nSPS) is 36.1. The Morgan fingerprint density at radius 2 is 1.95 bits per heavy atom. The van der Waals surface area contributed by atoms with Crippen LogP contribution in [-0.4, -0.2) is 50.7 Å². The zero-order valence-electron chi connectivity index (χ0n) is 20.8. The number of aromatic nitrogens is 3. The number of imidazole rings is 1. The van der Waals surface area contributed by atoms with Gasteiger partial charge >= 0.3 is 6.16 Å². The van der Waals surface area contributed by atoms with Crippen LogP contribution in [0.25, 0.3) is 11.2 Å². The summed E-state index contributed by atoms with van der Waals surface area (Å²) in [6.07, 6.45) is 14.5. The van der Waals surface area contributed by atoms with Crippen molar-refractivity contribution < 1.29 is 28.5 Å². The Morgan fingerprint density at radius 1 is 1.24 bits per heavy atom. The summed E-state index contributed by atoms with van der Waals surface area (Å²) in [5.74, 6) is 4.35. The molecule has 0 aromatic carbocycles. The second-order valence-corrected chi connectivity index (χ2v) is 11.6. The number of carbonyl (C=O) groups excluding carboxylic acids is 1. The highest BCUT2D eigenvalue weighted by Crippen LogP contribution is 2.61. The molecule has 7 rings (SSSR count). The van der Waals surface area contributed by atoms with Crippen LogP contribution in [-0.2, 0) is 14.2 Å². The fourth-order valence-electron chi connectivity index (χ4n) is 7.84. The van der Waals surface area contributed by atoms with Crippen molar-refractivity contribution in [2.45, 2.75) is 75.7 Å². The topological polar surface area (TPSA) is 122 Å². The van der Waals surface area contributed by atoms with Gasteiger partial charge in [0.15, 0.2) is 11.2 Å². The number of carbonyl (C=O) groups is 1. The molecule has 0 radical (unpaired) electrons. The maximum Gasteiger partial charge on any atom is 0.508 e. The first-order chi connectivity index (χ1) is 17.8. The number of halogens is 1. The van der Waals surface area contributed by atoms with E-state index in [9.17, 15) is 14.3 Å². The van der Waals surface area contributed by atoms with Crippen molar-refractivity contribution in [2.75, 3.05) is 18.9 Å². The Balaban J connectivity index is 1.02. The lowest BCUT2D eigenvalue weighted by atomic mass is 9.48. The quantitative estimate of drug-likeness (QED) is 0.248. The van der Waals surface area contributed by atoms with E-state index < -0.39 is 30.0 Å². The van der Waals surface area contributed by atoms with Crippen LogP contribution in [0.15, 0.2) is 12.4 Å². The van der Waals surface area contributed by atoms with Gasteiger partial charge in [0.2, 0.25) is 5.95 Å². The highest BCUT2D eigenvalue weighted by Gasteiger charge is 2.51. The summed E-state index contributed by atoms with van der Waals surface area (Å²) in [5, 5.41) is 10.7. The number of aliphatic hydroxyl groups is 1. The SMILES string of the molecule is C#C[C@]1(COC(=O)OCCCC23CC4CC(CC(C4)C2)C3)O[C@@H](n2cnc3c(N)cc(F)nc32)C[C@@H]1O. The molecule has 2 aromatic heterocycles. The number of hydrogen-bond donors (Lipinski definition) is 2. The first-order valence-corrected chi connectivity index (χ1v) is 13.2. The molecule has 4 aliphatic carbocycles. The number of terminal acetylenes is 1. The van der Waals surface area contributed by atoms with E-state index in [4.69, 9.17) is 26.4 Å². The van der Waals surface area contributed by atoms with Crippen LogP contribution in [0.5, 0.6) is 0 Å². The standard InChI is InChI=1S/C27H33FN4O5/c1-2-27(20(33)10-22(37-27)32-15-30-23-19(29)9-21(28)31-24(23)32)14-36-25(34)35-5-3-4-26-11-16-6-17(12-26)8-18(7-16)13-26/h1,9,15-18,20,22,33H,3-8,10-14H2,(H2,29,31)/t16?,17?,18?,20-,22+,26?,27+/m0/s1. The molecule has 1 saturated heterocycles. The van der Waals surface area contributed by atoms with E-state index >= 15 is 0 Å². The first kappa shape index (κ1) is 24.4. The minimum absolute atomic E-state index is 0.0667. The molecular weight excluding hydrogens is 479 g/mol. The Bertz CT molecular complexity index is 1210. The largest absolute Gasteiger partial charge is 0.508 e. The Morgan fingerprint density at radius 3 is 2.62 bits per heavy atom. The number of anilines is 1. The Hall–Kier alpha value is -2.90. The average molecular weight is 513 g/mol. The number of fused-ring (bicyclic) bond motifs is 1. The second-order valence-electron chi connectivity index (χ2n) is 11.6. The smallest absolute Gasteiger partial charge is 0.434 e. The zero-order chi connectivity index (χ0) is 25.8. The maximum atomic E-state index is 13.8. The van der Waals surface area contributed by atoms with Crippen molar-refractivity contribution in [3.63, 3.8) is 0 Å².